The Kier molecular flexibility index (Phi) is 6.19. The molecule has 2 aromatic heterocycles. The zero-order valence-corrected chi connectivity index (χ0v) is 15.3. The summed E-state index contributed by atoms with van der Waals surface area (Å²) in [6, 6.07) is 9.48. The summed E-state index contributed by atoms with van der Waals surface area (Å²) in [6.07, 6.45) is 0. The van der Waals surface area contributed by atoms with Gasteiger partial charge in [-0.3, -0.25) is 0 Å². The van der Waals surface area contributed by atoms with Crippen molar-refractivity contribution in [2.45, 2.75) is 4.90 Å². The van der Waals surface area contributed by atoms with E-state index in [0.29, 0.717) is 29.6 Å². The number of aliphatic hydroxyl groups is 1. The molecule has 0 aliphatic rings. The predicted octanol–water partition coefficient (Wildman–Crippen LogP) is 3.64. The van der Waals surface area contributed by atoms with Gasteiger partial charge in [-0.2, -0.15) is 4.39 Å². The first-order valence-electron chi connectivity index (χ1n) is 7.78. The van der Waals surface area contributed by atoms with Gasteiger partial charge in [0.1, 0.15) is 10.7 Å². The normalized spacial score (nSPS) is 11.2. The molecule has 2 N–H and O–H groups in total. The lowest BCUT2D eigenvalue weighted by atomic mass is 10.3. The van der Waals surface area contributed by atoms with Gasteiger partial charge >= 0.3 is 0 Å². The Labute approximate surface area is 153 Å². The first-order chi connectivity index (χ1) is 12.2. The van der Waals surface area contributed by atoms with E-state index >= 15 is 0 Å². The highest BCUT2D eigenvalue weighted by Crippen LogP contribution is 2.32. The van der Waals surface area contributed by atoms with Crippen molar-refractivity contribution in [3.05, 3.63) is 36.3 Å². The molecule has 3 rings (SSSR count). The third-order valence-electron chi connectivity index (χ3n) is 3.43. The quantitative estimate of drug-likeness (QED) is 0.354. The van der Waals surface area contributed by atoms with Gasteiger partial charge in [0.25, 0.3) is 0 Å². The summed E-state index contributed by atoms with van der Waals surface area (Å²) in [5, 5.41) is 12.1. The van der Waals surface area contributed by atoms with E-state index in [0.717, 1.165) is 20.9 Å². The average molecular weight is 379 g/mol. The number of nitrogens with zero attached hydrogens (tertiary/aromatic N) is 2. The van der Waals surface area contributed by atoms with Crippen molar-refractivity contribution in [2.75, 3.05) is 37.9 Å². The second-order valence-electron chi connectivity index (χ2n) is 5.12. The fraction of sp³-hybridized carbons (Fsp3) is 0.294. The topological polar surface area (TPSA) is 67.3 Å². The molecule has 25 heavy (non-hydrogen) atoms. The molecule has 0 radical (unpaired) electrons. The number of hydrogen-bond acceptors (Lipinski definition) is 7. The number of rotatable bonds is 8. The molecule has 3 aromatic rings. The number of thioether (sulfide) groups is 1. The zero-order valence-electron chi connectivity index (χ0n) is 13.7. The Hall–Kier alpha value is -1.74. The Morgan fingerprint density at radius 1 is 1.24 bits per heavy atom. The number of aliphatic hydroxyl groups excluding tert-OH is 1. The molecule has 0 atom stereocenters. The van der Waals surface area contributed by atoms with Crippen molar-refractivity contribution in [1.82, 2.24) is 9.97 Å². The van der Waals surface area contributed by atoms with Crippen molar-refractivity contribution in [1.29, 1.82) is 0 Å². The lowest BCUT2D eigenvalue weighted by Crippen LogP contribution is -2.02. The minimum Gasteiger partial charge on any atom is -0.394 e. The number of hydrogen-bond donors (Lipinski definition) is 2. The van der Waals surface area contributed by atoms with Crippen LogP contribution in [0.15, 0.2) is 35.2 Å². The molecule has 132 valence electrons. The summed E-state index contributed by atoms with van der Waals surface area (Å²) < 4.78 is 20.1. The van der Waals surface area contributed by atoms with Gasteiger partial charge in [-0.15, -0.1) is 23.1 Å². The van der Waals surface area contributed by atoms with Crippen molar-refractivity contribution >= 4 is 39.0 Å². The van der Waals surface area contributed by atoms with Crippen LogP contribution in [0.1, 0.15) is 0 Å². The highest BCUT2D eigenvalue weighted by atomic mass is 32.2. The van der Waals surface area contributed by atoms with E-state index in [2.05, 4.69) is 21.4 Å². The van der Waals surface area contributed by atoms with Crippen molar-refractivity contribution < 1.29 is 14.2 Å². The van der Waals surface area contributed by atoms with Gasteiger partial charge in [0.2, 0.25) is 5.95 Å². The van der Waals surface area contributed by atoms with Crippen LogP contribution in [0.2, 0.25) is 0 Å². The second kappa shape index (κ2) is 8.57. The summed E-state index contributed by atoms with van der Waals surface area (Å²) in [6.45, 7) is 1.01. The smallest absolute Gasteiger partial charge is 0.236 e. The lowest BCUT2D eigenvalue weighted by Gasteiger charge is -2.02. The molecule has 5 nitrogen and oxygen atoms in total. The predicted molar refractivity (Wildman–Crippen MR) is 101 cm³/mol. The fourth-order valence-electron chi connectivity index (χ4n) is 2.23. The average Bonchev–Trinajstić information content (AvgIpc) is 3.05. The van der Waals surface area contributed by atoms with Crippen LogP contribution in [-0.2, 0) is 4.74 Å². The summed E-state index contributed by atoms with van der Waals surface area (Å²) in [5.41, 5.74) is 1.78. The Bertz CT molecular complexity index is 857. The third kappa shape index (κ3) is 4.46. The second-order valence-corrected chi connectivity index (χ2v) is 7.32. The molecule has 0 aliphatic carbocycles. The van der Waals surface area contributed by atoms with E-state index in [-0.39, 0.29) is 6.61 Å². The van der Waals surface area contributed by atoms with Crippen molar-refractivity contribution in [2.24, 2.45) is 0 Å². The highest BCUT2D eigenvalue weighted by molar-refractivity contribution is 7.99. The standard InChI is InChI=1S/C17H18FN3O2S2/c1-19-13-4-5-14(20-16(13)18)17-21-12-3-2-11(10-15(12)25-17)24-9-8-23-7-6-22/h2-5,10,19,22H,6-9H2,1H3. The molecule has 0 spiro atoms. The maximum Gasteiger partial charge on any atom is 0.236 e. The van der Waals surface area contributed by atoms with Crippen LogP contribution in [0.5, 0.6) is 0 Å². The van der Waals surface area contributed by atoms with Gasteiger partial charge in [-0.1, -0.05) is 0 Å². The molecule has 2 heterocycles. The van der Waals surface area contributed by atoms with Crippen LogP contribution in [0.3, 0.4) is 0 Å². The van der Waals surface area contributed by atoms with E-state index in [1.165, 1.54) is 11.3 Å². The zero-order chi connectivity index (χ0) is 17.6. The number of ether oxygens (including phenoxy) is 1. The highest BCUT2D eigenvalue weighted by Gasteiger charge is 2.11. The Balaban J connectivity index is 1.75. The van der Waals surface area contributed by atoms with Crippen LogP contribution < -0.4 is 5.32 Å². The summed E-state index contributed by atoms with van der Waals surface area (Å²) in [5.74, 6) is 0.286. The molecule has 0 amide bonds. The summed E-state index contributed by atoms with van der Waals surface area (Å²) in [4.78, 5) is 9.66. The molecule has 1 aromatic carbocycles. The molecule has 0 aliphatic heterocycles. The monoisotopic (exact) mass is 379 g/mol. The van der Waals surface area contributed by atoms with Crippen LogP contribution in [0.25, 0.3) is 20.9 Å². The minimum absolute atomic E-state index is 0.0458. The van der Waals surface area contributed by atoms with Crippen molar-refractivity contribution in [3.63, 3.8) is 0 Å². The number of anilines is 1. The van der Waals surface area contributed by atoms with Gasteiger partial charge in [-0.05, 0) is 30.3 Å². The SMILES string of the molecule is CNc1ccc(-c2nc3ccc(SCCOCCO)cc3s2)nc1F. The number of aromatic nitrogens is 2. The first kappa shape index (κ1) is 18.1. The number of benzene rings is 1. The number of halogens is 1. The molecular formula is C17H18FN3O2S2. The largest absolute Gasteiger partial charge is 0.394 e. The maximum absolute atomic E-state index is 13.9. The summed E-state index contributed by atoms with van der Waals surface area (Å²) >= 11 is 3.18. The maximum atomic E-state index is 13.9. The molecule has 0 saturated carbocycles. The van der Waals surface area contributed by atoms with Gasteiger partial charge in [0.05, 0.1) is 35.7 Å². The van der Waals surface area contributed by atoms with Gasteiger partial charge < -0.3 is 15.2 Å². The molecule has 8 heteroatoms. The minimum atomic E-state index is -0.529. The number of pyridine rings is 1. The fourth-order valence-corrected chi connectivity index (χ4v) is 4.08. The molecule has 0 bridgehead atoms. The van der Waals surface area contributed by atoms with E-state index in [1.807, 2.05) is 12.1 Å². The van der Waals surface area contributed by atoms with Gasteiger partial charge in [0, 0.05) is 17.7 Å². The van der Waals surface area contributed by atoms with Gasteiger partial charge in [-0.25, -0.2) is 9.97 Å². The Morgan fingerprint density at radius 3 is 2.88 bits per heavy atom. The molecule has 0 fully saturated rings. The molecule has 0 saturated heterocycles. The summed E-state index contributed by atoms with van der Waals surface area (Å²) in [7, 11) is 1.66. The van der Waals surface area contributed by atoms with Crippen LogP contribution >= 0.6 is 23.1 Å². The molecular weight excluding hydrogens is 361 g/mol. The van der Waals surface area contributed by atoms with Crippen LogP contribution in [-0.4, -0.2) is 47.7 Å². The van der Waals surface area contributed by atoms with E-state index in [9.17, 15) is 4.39 Å². The first-order valence-corrected chi connectivity index (χ1v) is 9.58. The van der Waals surface area contributed by atoms with Crippen LogP contribution in [0, 0.1) is 5.95 Å². The van der Waals surface area contributed by atoms with E-state index < -0.39 is 5.95 Å². The van der Waals surface area contributed by atoms with E-state index in [1.54, 1.807) is 30.9 Å². The molecule has 0 unspecified atom stereocenters. The van der Waals surface area contributed by atoms with Gasteiger partial charge in [0.15, 0.2) is 0 Å². The number of fused-ring (bicyclic) bond motifs is 1. The number of nitrogens with one attached hydrogen (secondary N) is 1. The van der Waals surface area contributed by atoms with Crippen molar-refractivity contribution in [3.8, 4) is 10.7 Å². The van der Waals surface area contributed by atoms with E-state index in [4.69, 9.17) is 9.84 Å². The van der Waals surface area contributed by atoms with Crippen LogP contribution in [0.4, 0.5) is 10.1 Å². The number of thiazole rings is 1. The third-order valence-corrected chi connectivity index (χ3v) is 5.43. The Morgan fingerprint density at radius 2 is 2.12 bits per heavy atom. The lowest BCUT2D eigenvalue weighted by molar-refractivity contribution is 0.103.